The van der Waals surface area contributed by atoms with Gasteiger partial charge in [0, 0.05) is 37.8 Å². The molecule has 0 saturated carbocycles. The number of aromatic nitrogens is 2. The third-order valence-electron chi connectivity index (χ3n) is 3.22. The minimum atomic E-state index is 0.514. The molecule has 1 aliphatic rings. The number of nitrogens with zero attached hydrogens (tertiary/aromatic N) is 5. The second kappa shape index (κ2) is 10.9. The van der Waals surface area contributed by atoms with Crippen molar-refractivity contribution in [3.63, 3.8) is 0 Å². The van der Waals surface area contributed by atoms with Crippen molar-refractivity contribution in [2.75, 3.05) is 25.1 Å². The molecule has 1 saturated heterocycles. The van der Waals surface area contributed by atoms with Gasteiger partial charge in [0.25, 0.3) is 0 Å². The highest BCUT2D eigenvalue weighted by molar-refractivity contribution is 5.80. The van der Waals surface area contributed by atoms with Gasteiger partial charge in [0.15, 0.2) is 5.82 Å². The molecule has 6 heteroatoms. The maximum Gasteiger partial charge on any atom is 0.152 e. The van der Waals surface area contributed by atoms with Gasteiger partial charge in [-0.1, -0.05) is 32.8 Å². The first-order chi connectivity index (χ1) is 11.7. The summed E-state index contributed by atoms with van der Waals surface area (Å²) in [7, 11) is 1.55. The van der Waals surface area contributed by atoms with Crippen LogP contribution in [-0.4, -0.2) is 35.0 Å². The predicted molar refractivity (Wildman–Crippen MR) is 99.3 cm³/mol. The average Bonchev–Trinajstić information content (AvgIpc) is 3.15. The third-order valence-corrected chi connectivity index (χ3v) is 3.22. The molecule has 2 aromatic rings. The van der Waals surface area contributed by atoms with Crippen LogP contribution in [0, 0.1) is 17.4 Å². The normalized spacial score (nSPS) is 12.3. The Morgan fingerprint density at radius 3 is 2.54 bits per heavy atom. The Kier molecular flexibility index (Phi) is 8.84. The highest BCUT2D eigenvalue weighted by atomic mass is 16.3. The number of pyridine rings is 2. The van der Waals surface area contributed by atoms with Crippen molar-refractivity contribution < 1.29 is 0 Å². The van der Waals surface area contributed by atoms with Gasteiger partial charge in [-0.25, -0.2) is 9.99 Å². The van der Waals surface area contributed by atoms with Crippen molar-refractivity contribution in [3.05, 3.63) is 35.5 Å². The fraction of sp³-hybridized carbons (Fsp3) is 0.444. The Morgan fingerprint density at radius 1 is 1.33 bits per heavy atom. The number of nitroso groups, excluding NO2 is 1. The summed E-state index contributed by atoms with van der Waals surface area (Å²) >= 11 is 0. The molecule has 0 unspecified atom stereocenters. The smallest absolute Gasteiger partial charge is 0.152 e. The number of rotatable bonds is 2. The molecule has 0 amide bonds. The summed E-state index contributed by atoms with van der Waals surface area (Å²) in [6.45, 7) is 6.47. The van der Waals surface area contributed by atoms with E-state index in [0.29, 0.717) is 5.82 Å². The number of terminal acetylenes is 1. The average molecular weight is 327 g/mol. The second-order valence-corrected chi connectivity index (χ2v) is 5.37. The first-order valence-electron chi connectivity index (χ1n) is 8.15. The molecule has 0 N–H and O–H groups in total. The second-order valence-electron chi connectivity index (χ2n) is 5.37. The Hall–Kier alpha value is -2.68. The highest BCUT2D eigenvalue weighted by Crippen LogP contribution is 2.16. The van der Waals surface area contributed by atoms with Crippen LogP contribution in [-0.2, 0) is 0 Å². The molecule has 0 radical (unpaired) electrons. The molecule has 3 heterocycles. The van der Waals surface area contributed by atoms with Crippen molar-refractivity contribution in [2.45, 2.75) is 33.1 Å². The quantitative estimate of drug-likeness (QED) is 0.476. The summed E-state index contributed by atoms with van der Waals surface area (Å²) in [6.07, 6.45) is 12.2. The molecule has 1 aliphatic heterocycles. The van der Waals surface area contributed by atoms with E-state index in [9.17, 15) is 4.91 Å². The van der Waals surface area contributed by atoms with Crippen LogP contribution >= 0.6 is 0 Å². The first kappa shape index (κ1) is 19.4. The van der Waals surface area contributed by atoms with Gasteiger partial charge in [-0.15, -0.1) is 4.91 Å². The Morgan fingerprint density at radius 2 is 2.00 bits per heavy atom. The molecule has 2 aromatic heterocycles. The molecular formula is C18H25N5O. The topological polar surface area (TPSA) is 61.7 Å². The van der Waals surface area contributed by atoms with Gasteiger partial charge in [-0.2, -0.15) is 0 Å². The fourth-order valence-corrected chi connectivity index (χ4v) is 2.03. The van der Waals surface area contributed by atoms with Crippen molar-refractivity contribution in [3.8, 4) is 12.5 Å². The minimum absolute atomic E-state index is 0.514. The molecule has 128 valence electrons. The summed E-state index contributed by atoms with van der Waals surface area (Å²) in [6, 6.07) is 8.11. The highest BCUT2D eigenvalue weighted by Gasteiger charge is 2.05. The van der Waals surface area contributed by atoms with E-state index in [1.165, 1.54) is 24.3 Å². The summed E-state index contributed by atoms with van der Waals surface area (Å²) in [5.41, 5.74) is 0.801. The van der Waals surface area contributed by atoms with Gasteiger partial charge in [-0.05, 0) is 25.0 Å². The van der Waals surface area contributed by atoms with E-state index >= 15 is 0 Å². The first-order valence-corrected chi connectivity index (χ1v) is 8.15. The van der Waals surface area contributed by atoms with Crippen LogP contribution in [0.1, 0.15) is 33.1 Å². The monoisotopic (exact) mass is 327 g/mol. The largest absolute Gasteiger partial charge is 0.333 e. The molecule has 24 heavy (non-hydrogen) atoms. The van der Waals surface area contributed by atoms with E-state index in [-0.39, 0.29) is 0 Å². The fourth-order valence-electron chi connectivity index (χ4n) is 2.03. The van der Waals surface area contributed by atoms with Crippen LogP contribution in [0.4, 0.5) is 5.82 Å². The van der Waals surface area contributed by atoms with Crippen molar-refractivity contribution in [1.29, 1.82) is 0 Å². The van der Waals surface area contributed by atoms with Crippen LogP contribution in [0.2, 0.25) is 0 Å². The number of hydrogen-bond acceptors (Lipinski definition) is 5. The van der Waals surface area contributed by atoms with E-state index in [2.05, 4.69) is 35.1 Å². The lowest BCUT2D eigenvalue weighted by Crippen LogP contribution is -2.10. The maximum absolute atomic E-state index is 10.3. The number of hydrogen-bond donors (Lipinski definition) is 0. The van der Waals surface area contributed by atoms with Crippen molar-refractivity contribution in [2.24, 2.45) is 5.29 Å². The Bertz CT molecular complexity index is 662. The van der Waals surface area contributed by atoms with Gasteiger partial charge in [0.05, 0.1) is 17.0 Å². The zero-order valence-corrected chi connectivity index (χ0v) is 14.6. The zero-order chi connectivity index (χ0) is 17.8. The number of likely N-dealkylation sites (tertiary alicyclic amines) is 1. The van der Waals surface area contributed by atoms with Crippen molar-refractivity contribution >= 4 is 16.7 Å². The van der Waals surface area contributed by atoms with E-state index in [0.717, 1.165) is 24.0 Å². The molecule has 0 bridgehead atoms. The number of anilines is 1. The summed E-state index contributed by atoms with van der Waals surface area (Å²) in [5.74, 6) is 0.514. The summed E-state index contributed by atoms with van der Waals surface area (Å²) in [5, 5.41) is 4.88. The predicted octanol–water partition coefficient (Wildman–Crippen LogP) is 3.84. The SMILES string of the molecule is C#CN1CCCC1.CCC.CN(N=O)c1cc2cccnc2cn1. The summed E-state index contributed by atoms with van der Waals surface area (Å²) in [4.78, 5) is 20.4. The van der Waals surface area contributed by atoms with Gasteiger partial charge < -0.3 is 4.90 Å². The molecule has 0 aromatic carbocycles. The van der Waals surface area contributed by atoms with Crippen LogP contribution in [0.15, 0.2) is 35.9 Å². The summed E-state index contributed by atoms with van der Waals surface area (Å²) < 4.78 is 0. The number of fused-ring (bicyclic) bond motifs is 1. The molecule has 1 fully saturated rings. The van der Waals surface area contributed by atoms with E-state index < -0.39 is 0 Å². The van der Waals surface area contributed by atoms with E-state index in [4.69, 9.17) is 6.42 Å². The molecular weight excluding hydrogens is 302 g/mol. The van der Waals surface area contributed by atoms with Crippen LogP contribution in [0.5, 0.6) is 0 Å². The lowest BCUT2D eigenvalue weighted by molar-refractivity contribution is 0.497. The van der Waals surface area contributed by atoms with Crippen LogP contribution in [0.3, 0.4) is 0 Å². The van der Waals surface area contributed by atoms with Crippen LogP contribution in [0.25, 0.3) is 10.9 Å². The molecule has 0 spiro atoms. The van der Waals surface area contributed by atoms with Gasteiger partial charge in [-0.3, -0.25) is 4.98 Å². The van der Waals surface area contributed by atoms with Crippen molar-refractivity contribution in [1.82, 2.24) is 14.9 Å². The van der Waals surface area contributed by atoms with Crippen LogP contribution < -0.4 is 5.01 Å². The Balaban J connectivity index is 0.000000241. The maximum atomic E-state index is 10.3. The standard InChI is InChI=1S/C9H8N4O.C6H9N.C3H8/c1-13(12-14)9-5-7-3-2-4-10-8(7)6-11-9;1-2-7-5-3-4-6-7;1-3-2/h2-6H,1H3;1H,3-6H2;3H2,1-2H3. The van der Waals surface area contributed by atoms with E-state index in [1.807, 2.05) is 17.0 Å². The molecule has 0 aliphatic carbocycles. The van der Waals surface area contributed by atoms with E-state index in [1.54, 1.807) is 25.5 Å². The lowest BCUT2D eigenvalue weighted by Gasteiger charge is -2.07. The molecule has 6 nitrogen and oxygen atoms in total. The van der Waals surface area contributed by atoms with Gasteiger partial charge >= 0.3 is 0 Å². The lowest BCUT2D eigenvalue weighted by atomic mass is 10.2. The molecule has 0 atom stereocenters. The third kappa shape index (κ3) is 6.21. The minimum Gasteiger partial charge on any atom is -0.333 e. The Labute approximate surface area is 143 Å². The van der Waals surface area contributed by atoms with Gasteiger partial charge in [0.2, 0.25) is 0 Å². The zero-order valence-electron chi connectivity index (χ0n) is 14.6. The van der Waals surface area contributed by atoms with Gasteiger partial charge in [0.1, 0.15) is 0 Å². The molecule has 3 rings (SSSR count).